The summed E-state index contributed by atoms with van der Waals surface area (Å²) in [6.45, 7) is 4.15. The summed E-state index contributed by atoms with van der Waals surface area (Å²) in [5.74, 6) is 0. The second-order valence-corrected chi connectivity index (χ2v) is 2.86. The van der Waals surface area contributed by atoms with Gasteiger partial charge in [-0.25, -0.2) is 0 Å². The van der Waals surface area contributed by atoms with Crippen LogP contribution in [-0.4, -0.2) is 0 Å². The highest BCUT2D eigenvalue weighted by Gasteiger charge is 1.95. The van der Waals surface area contributed by atoms with Crippen molar-refractivity contribution in [1.82, 2.24) is 0 Å². The summed E-state index contributed by atoms with van der Waals surface area (Å²) < 4.78 is 0. The van der Waals surface area contributed by atoms with Gasteiger partial charge in [0.05, 0.1) is 0 Å². The van der Waals surface area contributed by atoms with E-state index in [9.17, 15) is 0 Å². The van der Waals surface area contributed by atoms with Crippen LogP contribution in [0.3, 0.4) is 0 Å². The third-order valence-corrected chi connectivity index (χ3v) is 1.94. The second kappa shape index (κ2) is 3.07. The SMILES string of the molecule is CCc1ccc(C)cc1Cl. The molecule has 0 aliphatic carbocycles. The fourth-order valence-electron chi connectivity index (χ4n) is 0.939. The third-order valence-electron chi connectivity index (χ3n) is 1.59. The van der Waals surface area contributed by atoms with Gasteiger partial charge in [-0.05, 0) is 30.5 Å². The van der Waals surface area contributed by atoms with Crippen LogP contribution in [0, 0.1) is 6.92 Å². The van der Waals surface area contributed by atoms with Gasteiger partial charge in [-0.15, -0.1) is 0 Å². The van der Waals surface area contributed by atoms with Crippen LogP contribution in [0.15, 0.2) is 18.2 Å². The molecule has 0 aliphatic heterocycles. The Bertz CT molecular complexity index is 228. The maximum Gasteiger partial charge on any atom is 0.0440 e. The molecule has 1 rings (SSSR count). The second-order valence-electron chi connectivity index (χ2n) is 2.45. The van der Waals surface area contributed by atoms with Gasteiger partial charge in [0.15, 0.2) is 0 Å². The predicted molar refractivity (Wildman–Crippen MR) is 45.6 cm³/mol. The molecule has 1 aromatic carbocycles. The molecule has 0 bridgehead atoms. The van der Waals surface area contributed by atoms with E-state index in [4.69, 9.17) is 11.6 Å². The van der Waals surface area contributed by atoms with E-state index in [0.29, 0.717) is 0 Å². The van der Waals surface area contributed by atoms with Crippen LogP contribution in [0.25, 0.3) is 0 Å². The summed E-state index contributed by atoms with van der Waals surface area (Å²) in [6.07, 6.45) is 1.01. The largest absolute Gasteiger partial charge is 0.0840 e. The molecule has 54 valence electrons. The molecule has 0 N–H and O–H groups in total. The van der Waals surface area contributed by atoms with Crippen molar-refractivity contribution < 1.29 is 0 Å². The zero-order chi connectivity index (χ0) is 7.56. The topological polar surface area (TPSA) is 0 Å². The van der Waals surface area contributed by atoms with Crippen LogP contribution in [0.2, 0.25) is 5.02 Å². The first-order valence-electron chi connectivity index (χ1n) is 3.49. The Morgan fingerprint density at radius 2 is 2.10 bits per heavy atom. The molecule has 0 amide bonds. The van der Waals surface area contributed by atoms with Crippen LogP contribution < -0.4 is 0 Å². The van der Waals surface area contributed by atoms with Gasteiger partial charge in [-0.2, -0.15) is 0 Å². The summed E-state index contributed by atoms with van der Waals surface area (Å²) >= 11 is 5.93. The van der Waals surface area contributed by atoms with Crippen molar-refractivity contribution in [3.63, 3.8) is 0 Å². The van der Waals surface area contributed by atoms with E-state index in [1.165, 1.54) is 11.1 Å². The molecule has 0 spiro atoms. The van der Waals surface area contributed by atoms with E-state index < -0.39 is 0 Å². The zero-order valence-electron chi connectivity index (χ0n) is 6.32. The lowest BCUT2D eigenvalue weighted by molar-refractivity contribution is 1.14. The van der Waals surface area contributed by atoms with Crippen molar-refractivity contribution in [2.75, 3.05) is 0 Å². The highest BCUT2D eigenvalue weighted by molar-refractivity contribution is 6.31. The van der Waals surface area contributed by atoms with Gasteiger partial charge in [0, 0.05) is 5.02 Å². The Balaban J connectivity index is 3.07. The summed E-state index contributed by atoms with van der Waals surface area (Å²) in [5.41, 5.74) is 2.45. The molecule has 0 fully saturated rings. The van der Waals surface area contributed by atoms with Gasteiger partial charge in [-0.3, -0.25) is 0 Å². The van der Waals surface area contributed by atoms with Crippen molar-refractivity contribution in [2.24, 2.45) is 0 Å². The Morgan fingerprint density at radius 3 is 2.60 bits per heavy atom. The molecule has 0 aromatic heterocycles. The summed E-state index contributed by atoms with van der Waals surface area (Å²) in [5, 5.41) is 0.891. The Hall–Kier alpha value is -0.490. The molecular weight excluding hydrogens is 144 g/mol. The lowest BCUT2D eigenvalue weighted by Gasteiger charge is -2.00. The van der Waals surface area contributed by atoms with Crippen molar-refractivity contribution >= 4 is 11.6 Å². The van der Waals surface area contributed by atoms with Gasteiger partial charge >= 0.3 is 0 Å². The molecule has 1 heteroatoms. The van der Waals surface area contributed by atoms with E-state index in [0.717, 1.165) is 11.4 Å². The Morgan fingerprint density at radius 1 is 1.40 bits per heavy atom. The minimum absolute atomic E-state index is 0.891. The van der Waals surface area contributed by atoms with Crippen molar-refractivity contribution in [3.8, 4) is 0 Å². The Labute approximate surface area is 66.8 Å². The molecule has 0 saturated carbocycles. The first-order valence-corrected chi connectivity index (χ1v) is 3.87. The van der Waals surface area contributed by atoms with Gasteiger partial charge < -0.3 is 0 Å². The summed E-state index contributed by atoms with van der Waals surface area (Å²) in [7, 11) is 0. The van der Waals surface area contributed by atoms with Crippen LogP contribution >= 0.6 is 11.6 Å². The highest BCUT2D eigenvalue weighted by atomic mass is 35.5. The average molecular weight is 155 g/mol. The average Bonchev–Trinajstić information content (AvgIpc) is 1.88. The fourth-order valence-corrected chi connectivity index (χ4v) is 1.31. The van der Waals surface area contributed by atoms with E-state index >= 15 is 0 Å². The first-order chi connectivity index (χ1) is 4.74. The number of hydrogen-bond acceptors (Lipinski definition) is 0. The lowest BCUT2D eigenvalue weighted by atomic mass is 10.1. The lowest BCUT2D eigenvalue weighted by Crippen LogP contribution is -1.81. The minimum atomic E-state index is 0.891. The first kappa shape index (κ1) is 7.62. The molecule has 0 aliphatic rings. The van der Waals surface area contributed by atoms with E-state index in [-0.39, 0.29) is 0 Å². The van der Waals surface area contributed by atoms with Gasteiger partial charge in [0.2, 0.25) is 0 Å². The molecule has 0 saturated heterocycles. The minimum Gasteiger partial charge on any atom is -0.0840 e. The molecule has 0 heterocycles. The number of halogens is 1. The molecule has 10 heavy (non-hydrogen) atoms. The summed E-state index contributed by atoms with van der Waals surface area (Å²) in [6, 6.07) is 6.17. The van der Waals surface area contributed by atoms with Crippen LogP contribution in [0.5, 0.6) is 0 Å². The highest BCUT2D eigenvalue weighted by Crippen LogP contribution is 2.17. The van der Waals surface area contributed by atoms with E-state index in [1.807, 2.05) is 13.0 Å². The van der Waals surface area contributed by atoms with Gasteiger partial charge in [0.1, 0.15) is 0 Å². The molecule has 0 nitrogen and oxygen atoms in total. The predicted octanol–water partition coefficient (Wildman–Crippen LogP) is 3.21. The number of benzene rings is 1. The molecule has 0 unspecified atom stereocenters. The van der Waals surface area contributed by atoms with E-state index in [1.54, 1.807) is 0 Å². The normalized spacial score (nSPS) is 9.90. The monoisotopic (exact) mass is 154 g/mol. The molecule has 1 aromatic rings. The van der Waals surface area contributed by atoms with Crippen molar-refractivity contribution in [2.45, 2.75) is 20.3 Å². The number of hydrogen-bond donors (Lipinski definition) is 0. The van der Waals surface area contributed by atoms with Gasteiger partial charge in [-0.1, -0.05) is 30.7 Å². The maximum atomic E-state index is 5.93. The third kappa shape index (κ3) is 1.51. The van der Waals surface area contributed by atoms with Crippen molar-refractivity contribution in [1.29, 1.82) is 0 Å². The van der Waals surface area contributed by atoms with Crippen LogP contribution in [0.4, 0.5) is 0 Å². The fraction of sp³-hybridized carbons (Fsp3) is 0.333. The molecule has 0 atom stereocenters. The molecule has 0 radical (unpaired) electrons. The molecular formula is C9H11Cl. The number of rotatable bonds is 1. The quantitative estimate of drug-likeness (QED) is 0.583. The van der Waals surface area contributed by atoms with Gasteiger partial charge in [0.25, 0.3) is 0 Å². The number of aryl methyl sites for hydroxylation is 2. The summed E-state index contributed by atoms with van der Waals surface area (Å²) in [4.78, 5) is 0. The van der Waals surface area contributed by atoms with Crippen molar-refractivity contribution in [3.05, 3.63) is 34.3 Å². The Kier molecular flexibility index (Phi) is 2.34. The van der Waals surface area contributed by atoms with Crippen LogP contribution in [-0.2, 0) is 6.42 Å². The zero-order valence-corrected chi connectivity index (χ0v) is 7.07. The smallest absolute Gasteiger partial charge is 0.0440 e. The maximum absolute atomic E-state index is 5.93. The van der Waals surface area contributed by atoms with E-state index in [2.05, 4.69) is 19.1 Å². The van der Waals surface area contributed by atoms with Crippen LogP contribution in [0.1, 0.15) is 18.1 Å². The standard InChI is InChI=1S/C9H11Cl/c1-3-8-5-4-7(2)6-9(8)10/h4-6H,3H2,1-2H3.